The zero-order valence-electron chi connectivity index (χ0n) is 11.9. The highest BCUT2D eigenvalue weighted by molar-refractivity contribution is 5.88. The third-order valence-electron chi connectivity index (χ3n) is 3.25. The quantitative estimate of drug-likeness (QED) is 0.685. The van der Waals surface area contributed by atoms with Crippen LogP contribution in [0, 0.1) is 0 Å². The van der Waals surface area contributed by atoms with Crippen molar-refractivity contribution in [1.29, 1.82) is 0 Å². The second kappa shape index (κ2) is 5.82. The average Bonchev–Trinajstić information content (AvgIpc) is 2.95. The minimum absolute atomic E-state index is 0.0523. The molecule has 3 aromatic rings. The van der Waals surface area contributed by atoms with Gasteiger partial charge in [-0.25, -0.2) is 14.3 Å². The van der Waals surface area contributed by atoms with Crippen LogP contribution in [-0.2, 0) is 6.61 Å². The maximum Gasteiger partial charge on any atom is 0.320 e. The van der Waals surface area contributed by atoms with Crippen LogP contribution < -0.4 is 10.6 Å². The molecular formula is C15H15N5O2. The Hall–Kier alpha value is -2.93. The predicted molar refractivity (Wildman–Crippen MR) is 82.4 cm³/mol. The molecule has 0 atom stereocenters. The molecular weight excluding hydrogens is 282 g/mol. The van der Waals surface area contributed by atoms with Crippen molar-refractivity contribution in [3.63, 3.8) is 0 Å². The van der Waals surface area contributed by atoms with Gasteiger partial charge in [-0.15, -0.1) is 0 Å². The second-order valence-corrected chi connectivity index (χ2v) is 4.67. The van der Waals surface area contributed by atoms with Gasteiger partial charge in [-0.05, 0) is 17.7 Å². The van der Waals surface area contributed by atoms with Crippen LogP contribution in [0.5, 0.6) is 0 Å². The predicted octanol–water partition coefficient (Wildman–Crippen LogP) is 1.64. The molecule has 112 valence electrons. The van der Waals surface area contributed by atoms with Crippen molar-refractivity contribution in [3.05, 3.63) is 48.2 Å². The fraction of sp³-hybridized carbons (Fsp3) is 0.133. The number of nitrogens with zero attached hydrogens (tertiary/aromatic N) is 3. The molecule has 1 aromatic carbocycles. The molecule has 7 heteroatoms. The molecule has 0 bridgehead atoms. The summed E-state index contributed by atoms with van der Waals surface area (Å²) >= 11 is 0. The smallest absolute Gasteiger partial charge is 0.320 e. The van der Waals surface area contributed by atoms with E-state index in [1.54, 1.807) is 10.7 Å². The van der Waals surface area contributed by atoms with Crippen molar-refractivity contribution in [1.82, 2.24) is 19.9 Å². The zero-order valence-corrected chi connectivity index (χ0v) is 11.9. The third kappa shape index (κ3) is 2.61. The van der Waals surface area contributed by atoms with Crippen LogP contribution in [0.25, 0.3) is 16.9 Å². The Morgan fingerprint density at radius 3 is 2.86 bits per heavy atom. The summed E-state index contributed by atoms with van der Waals surface area (Å²) in [5.41, 5.74) is 3.01. The van der Waals surface area contributed by atoms with E-state index >= 15 is 0 Å². The summed E-state index contributed by atoms with van der Waals surface area (Å²) in [5.74, 6) is 0.416. The Morgan fingerprint density at radius 2 is 2.09 bits per heavy atom. The van der Waals surface area contributed by atoms with E-state index in [9.17, 15) is 9.90 Å². The molecule has 7 nitrogen and oxygen atoms in total. The number of rotatable bonds is 3. The summed E-state index contributed by atoms with van der Waals surface area (Å²) in [6.07, 6.45) is 1.63. The van der Waals surface area contributed by atoms with Gasteiger partial charge in [0.15, 0.2) is 11.5 Å². The molecule has 3 N–H and O–H groups in total. The van der Waals surface area contributed by atoms with Gasteiger partial charge in [0.1, 0.15) is 0 Å². The first kappa shape index (κ1) is 14.0. The molecule has 0 unspecified atom stereocenters. The first-order chi connectivity index (χ1) is 10.7. The van der Waals surface area contributed by atoms with Gasteiger partial charge in [0.2, 0.25) is 0 Å². The normalized spacial score (nSPS) is 10.6. The molecule has 0 aliphatic heterocycles. The fourth-order valence-electron chi connectivity index (χ4n) is 2.17. The highest BCUT2D eigenvalue weighted by atomic mass is 16.3. The van der Waals surface area contributed by atoms with E-state index in [2.05, 4.69) is 20.7 Å². The van der Waals surface area contributed by atoms with Gasteiger partial charge in [-0.1, -0.05) is 24.3 Å². The van der Waals surface area contributed by atoms with Gasteiger partial charge in [0.25, 0.3) is 0 Å². The van der Waals surface area contributed by atoms with Crippen LogP contribution in [0.15, 0.2) is 42.6 Å². The van der Waals surface area contributed by atoms with Gasteiger partial charge in [-0.3, -0.25) is 5.32 Å². The molecule has 2 aromatic heterocycles. The molecule has 0 fully saturated rings. The molecule has 0 saturated heterocycles. The number of aromatic nitrogens is 3. The van der Waals surface area contributed by atoms with Crippen LogP contribution in [0.3, 0.4) is 0 Å². The van der Waals surface area contributed by atoms with Gasteiger partial charge >= 0.3 is 6.03 Å². The number of fused-ring (bicyclic) bond motifs is 1. The zero-order chi connectivity index (χ0) is 15.5. The van der Waals surface area contributed by atoms with Crippen LogP contribution in [0.2, 0.25) is 0 Å². The number of amides is 2. The average molecular weight is 297 g/mol. The Kier molecular flexibility index (Phi) is 3.71. The van der Waals surface area contributed by atoms with E-state index in [-0.39, 0.29) is 12.6 Å². The van der Waals surface area contributed by atoms with Crippen LogP contribution in [0.4, 0.5) is 10.6 Å². The minimum Gasteiger partial charge on any atom is -0.392 e. The number of benzene rings is 1. The highest BCUT2D eigenvalue weighted by Gasteiger charge is 2.09. The van der Waals surface area contributed by atoms with E-state index in [1.165, 1.54) is 7.05 Å². The number of aliphatic hydroxyl groups is 1. The van der Waals surface area contributed by atoms with E-state index in [0.717, 1.165) is 16.8 Å². The van der Waals surface area contributed by atoms with Crippen molar-refractivity contribution in [3.8, 4) is 11.3 Å². The summed E-state index contributed by atoms with van der Waals surface area (Å²) in [7, 11) is 1.54. The van der Waals surface area contributed by atoms with Gasteiger partial charge in [0, 0.05) is 12.6 Å². The first-order valence-corrected chi connectivity index (χ1v) is 6.75. The molecule has 0 spiro atoms. The van der Waals surface area contributed by atoms with Gasteiger partial charge < -0.3 is 10.4 Å². The minimum atomic E-state index is -0.339. The lowest BCUT2D eigenvalue weighted by Crippen LogP contribution is -2.24. The summed E-state index contributed by atoms with van der Waals surface area (Å²) in [4.78, 5) is 15.6. The lowest BCUT2D eigenvalue weighted by Gasteiger charge is -2.06. The van der Waals surface area contributed by atoms with E-state index in [0.29, 0.717) is 11.5 Å². The number of nitrogens with one attached hydrogen (secondary N) is 2. The molecule has 0 radical (unpaired) electrons. The first-order valence-electron chi connectivity index (χ1n) is 6.75. The Bertz CT molecular complexity index is 828. The number of hydrogen-bond acceptors (Lipinski definition) is 4. The van der Waals surface area contributed by atoms with E-state index in [4.69, 9.17) is 0 Å². The summed E-state index contributed by atoms with van der Waals surface area (Å²) in [6.45, 7) is -0.0523. The molecule has 22 heavy (non-hydrogen) atoms. The third-order valence-corrected chi connectivity index (χ3v) is 3.25. The molecule has 2 heterocycles. The highest BCUT2D eigenvalue weighted by Crippen LogP contribution is 2.22. The lowest BCUT2D eigenvalue weighted by molar-refractivity contribution is 0.254. The van der Waals surface area contributed by atoms with Gasteiger partial charge in [-0.2, -0.15) is 5.10 Å². The number of carbonyl (C=O) groups excluding carboxylic acids is 1. The molecule has 3 rings (SSSR count). The Balaban J connectivity index is 2.01. The maximum atomic E-state index is 11.3. The second-order valence-electron chi connectivity index (χ2n) is 4.67. The SMILES string of the molecule is CNC(=O)Nc1cn2nc(-c3ccccc3CO)ccc2n1. The number of hydrogen-bond donors (Lipinski definition) is 3. The maximum absolute atomic E-state index is 11.3. The Labute approximate surface area is 126 Å². The molecule has 0 aliphatic rings. The molecule has 0 saturated carbocycles. The van der Waals surface area contributed by atoms with Crippen molar-refractivity contribution < 1.29 is 9.90 Å². The van der Waals surface area contributed by atoms with Crippen LogP contribution in [0.1, 0.15) is 5.56 Å². The van der Waals surface area contributed by atoms with Crippen LogP contribution >= 0.6 is 0 Å². The fourth-order valence-corrected chi connectivity index (χ4v) is 2.17. The monoisotopic (exact) mass is 297 g/mol. The number of imidazole rings is 1. The number of anilines is 1. The number of urea groups is 1. The van der Waals surface area contributed by atoms with Crippen molar-refractivity contribution in [2.24, 2.45) is 0 Å². The Morgan fingerprint density at radius 1 is 1.27 bits per heavy atom. The topological polar surface area (TPSA) is 91.6 Å². The molecule has 0 aliphatic carbocycles. The van der Waals surface area contributed by atoms with E-state index in [1.807, 2.05) is 36.4 Å². The largest absolute Gasteiger partial charge is 0.392 e. The van der Waals surface area contributed by atoms with E-state index < -0.39 is 0 Å². The standard InChI is InChI=1S/C15H15N5O2/c1-16-15(22)18-13-8-20-14(17-13)7-6-12(19-20)11-5-3-2-4-10(11)9-21/h2-8,21H,9H2,1H3,(H2,16,18,22). The van der Waals surface area contributed by atoms with Gasteiger partial charge in [0.05, 0.1) is 18.5 Å². The lowest BCUT2D eigenvalue weighted by atomic mass is 10.1. The molecule has 2 amide bonds. The van der Waals surface area contributed by atoms with Crippen molar-refractivity contribution in [2.75, 3.05) is 12.4 Å². The number of aliphatic hydroxyl groups excluding tert-OH is 1. The van der Waals surface area contributed by atoms with Crippen LogP contribution in [-0.4, -0.2) is 32.8 Å². The summed E-state index contributed by atoms with van der Waals surface area (Å²) in [5, 5.41) is 19.0. The summed E-state index contributed by atoms with van der Waals surface area (Å²) in [6, 6.07) is 10.8. The van der Waals surface area contributed by atoms with Crippen molar-refractivity contribution in [2.45, 2.75) is 6.61 Å². The number of carbonyl (C=O) groups is 1. The van der Waals surface area contributed by atoms with Crippen molar-refractivity contribution >= 4 is 17.5 Å². The summed E-state index contributed by atoms with van der Waals surface area (Å²) < 4.78 is 1.59.